The molecule has 0 aromatic heterocycles. The summed E-state index contributed by atoms with van der Waals surface area (Å²) in [5, 5.41) is 0. The van der Waals surface area contributed by atoms with Crippen molar-refractivity contribution in [2.24, 2.45) is 0 Å². The van der Waals surface area contributed by atoms with Crippen LogP contribution >= 0.6 is 0 Å². The van der Waals surface area contributed by atoms with E-state index in [9.17, 15) is 8.78 Å². The molecule has 0 bridgehead atoms. The van der Waals surface area contributed by atoms with Crippen LogP contribution < -0.4 is 5.46 Å². The van der Waals surface area contributed by atoms with E-state index in [2.05, 4.69) is 0 Å². The zero-order valence-electron chi connectivity index (χ0n) is 7.76. The van der Waals surface area contributed by atoms with Crippen LogP contribution in [-0.2, 0) is 0 Å². The minimum absolute atomic E-state index is 0.121. The van der Waals surface area contributed by atoms with Gasteiger partial charge in [-0.15, -0.1) is 0 Å². The first-order chi connectivity index (χ1) is 5.46. The number of rotatable bonds is 0. The molecule has 1 rings (SSSR count). The molecule has 3 heteroatoms. The quantitative estimate of drug-likeness (QED) is 0.509. The molecule has 0 aliphatic heterocycles. The van der Waals surface area contributed by atoms with E-state index in [4.69, 9.17) is 0 Å². The molecule has 0 aliphatic rings. The smallest absolute Gasteiger partial charge is 0.140 e. The third-order valence-electron chi connectivity index (χ3n) is 2.44. The van der Waals surface area contributed by atoms with Gasteiger partial charge in [-0.1, -0.05) is 5.46 Å². The lowest BCUT2D eigenvalue weighted by Gasteiger charge is -2.10. The Balaban J connectivity index is 3.60. The molecule has 0 fully saturated rings. The maximum Gasteiger partial charge on any atom is 0.140 e. The van der Waals surface area contributed by atoms with Crippen molar-refractivity contribution in [2.75, 3.05) is 0 Å². The van der Waals surface area contributed by atoms with E-state index >= 15 is 0 Å². The normalized spacial score (nSPS) is 10.4. The van der Waals surface area contributed by atoms with Crippen LogP contribution in [0.25, 0.3) is 0 Å². The van der Waals surface area contributed by atoms with Gasteiger partial charge in [0.25, 0.3) is 0 Å². The molecular formula is C9H11BF2. The predicted octanol–water partition coefficient (Wildman–Crippen LogP) is 1.15. The molecule has 0 saturated carbocycles. The summed E-state index contributed by atoms with van der Waals surface area (Å²) in [6.07, 6.45) is 0. The van der Waals surface area contributed by atoms with Crippen molar-refractivity contribution < 1.29 is 8.78 Å². The number of halogens is 2. The van der Waals surface area contributed by atoms with E-state index in [0.29, 0.717) is 16.6 Å². The molecule has 0 aliphatic carbocycles. The highest BCUT2D eigenvalue weighted by Gasteiger charge is 2.13. The summed E-state index contributed by atoms with van der Waals surface area (Å²) in [7, 11) is 1.73. The molecule has 64 valence electrons. The van der Waals surface area contributed by atoms with Gasteiger partial charge in [-0.2, -0.15) is 0 Å². The molecule has 12 heavy (non-hydrogen) atoms. The molecule has 0 radical (unpaired) electrons. The Hall–Kier alpha value is -0.855. The zero-order chi connectivity index (χ0) is 9.46. The maximum absolute atomic E-state index is 13.2. The summed E-state index contributed by atoms with van der Waals surface area (Å²) in [5.74, 6) is -0.841. The fourth-order valence-electron chi connectivity index (χ4n) is 1.27. The molecule has 0 nitrogen and oxygen atoms in total. The van der Waals surface area contributed by atoms with E-state index in [1.165, 1.54) is 6.92 Å². The van der Waals surface area contributed by atoms with Crippen molar-refractivity contribution in [1.29, 1.82) is 0 Å². The van der Waals surface area contributed by atoms with E-state index in [0.717, 1.165) is 0 Å². The molecule has 0 heterocycles. The van der Waals surface area contributed by atoms with Gasteiger partial charge in [0.05, 0.1) is 0 Å². The van der Waals surface area contributed by atoms with E-state index < -0.39 is 11.6 Å². The predicted molar refractivity (Wildman–Crippen MR) is 48.7 cm³/mol. The SMILES string of the molecule is Bc1c(C)c(F)c(C)c(F)c1C. The first-order valence-corrected chi connectivity index (χ1v) is 3.88. The molecule has 0 saturated heterocycles. The Kier molecular flexibility index (Phi) is 2.22. The van der Waals surface area contributed by atoms with Crippen molar-refractivity contribution >= 4 is 13.3 Å². The first kappa shape index (κ1) is 9.23. The molecule has 0 unspecified atom stereocenters. The highest BCUT2D eigenvalue weighted by molar-refractivity contribution is 6.34. The lowest BCUT2D eigenvalue weighted by molar-refractivity contribution is 0.559. The van der Waals surface area contributed by atoms with Crippen LogP contribution in [0.1, 0.15) is 16.7 Å². The molecule has 1 aromatic carbocycles. The molecule has 1 aromatic rings. The Morgan fingerprint density at radius 1 is 0.833 bits per heavy atom. The number of benzene rings is 1. The van der Waals surface area contributed by atoms with E-state index in [1.54, 1.807) is 21.7 Å². The highest BCUT2D eigenvalue weighted by Crippen LogP contribution is 2.16. The third kappa shape index (κ3) is 1.13. The van der Waals surface area contributed by atoms with Crippen molar-refractivity contribution in [3.63, 3.8) is 0 Å². The van der Waals surface area contributed by atoms with Gasteiger partial charge in [-0.05, 0) is 31.9 Å². The van der Waals surface area contributed by atoms with Crippen molar-refractivity contribution in [3.05, 3.63) is 28.3 Å². The summed E-state index contributed by atoms with van der Waals surface area (Å²) in [6, 6.07) is 0. The summed E-state index contributed by atoms with van der Waals surface area (Å²) in [5.41, 5.74) is 1.92. The lowest BCUT2D eigenvalue weighted by Crippen LogP contribution is -2.17. The Morgan fingerprint density at radius 2 is 1.17 bits per heavy atom. The summed E-state index contributed by atoms with van der Waals surface area (Å²) in [6.45, 7) is 4.80. The van der Waals surface area contributed by atoms with Gasteiger partial charge >= 0.3 is 0 Å². The standard InChI is InChI=1S/C9H11BF2/c1-4-7(10)5(2)9(12)6(3)8(4)11/h10H2,1-3H3. The zero-order valence-corrected chi connectivity index (χ0v) is 7.76. The van der Waals surface area contributed by atoms with Gasteiger partial charge in [-0.3, -0.25) is 0 Å². The third-order valence-corrected chi connectivity index (χ3v) is 2.44. The number of hydrogen-bond donors (Lipinski definition) is 0. The molecule has 0 amide bonds. The topological polar surface area (TPSA) is 0 Å². The fourth-order valence-corrected chi connectivity index (χ4v) is 1.27. The first-order valence-electron chi connectivity index (χ1n) is 3.88. The number of hydrogen-bond acceptors (Lipinski definition) is 0. The van der Waals surface area contributed by atoms with Crippen molar-refractivity contribution in [2.45, 2.75) is 20.8 Å². The average molecular weight is 168 g/mol. The molecule has 0 atom stereocenters. The molecule has 0 spiro atoms. The monoisotopic (exact) mass is 168 g/mol. The minimum Gasteiger partial charge on any atom is -0.206 e. The second-order valence-electron chi connectivity index (χ2n) is 3.13. The summed E-state index contributed by atoms with van der Waals surface area (Å²) in [4.78, 5) is 0. The fraction of sp³-hybridized carbons (Fsp3) is 0.333. The van der Waals surface area contributed by atoms with Crippen LogP contribution in [0.4, 0.5) is 8.78 Å². The largest absolute Gasteiger partial charge is 0.206 e. The summed E-state index contributed by atoms with van der Waals surface area (Å²) >= 11 is 0. The van der Waals surface area contributed by atoms with Crippen LogP contribution in [-0.4, -0.2) is 7.85 Å². The van der Waals surface area contributed by atoms with Crippen LogP contribution in [0.3, 0.4) is 0 Å². The van der Waals surface area contributed by atoms with Crippen LogP contribution in [0.5, 0.6) is 0 Å². The van der Waals surface area contributed by atoms with Gasteiger partial charge in [-0.25, -0.2) is 8.78 Å². The van der Waals surface area contributed by atoms with Crippen LogP contribution in [0, 0.1) is 32.4 Å². The minimum atomic E-state index is -0.421. The highest BCUT2D eigenvalue weighted by atomic mass is 19.1. The second kappa shape index (κ2) is 2.89. The van der Waals surface area contributed by atoms with Crippen LogP contribution in [0.15, 0.2) is 0 Å². The van der Waals surface area contributed by atoms with Crippen molar-refractivity contribution in [1.82, 2.24) is 0 Å². The van der Waals surface area contributed by atoms with Gasteiger partial charge in [0, 0.05) is 5.56 Å². The Labute approximate surface area is 72.0 Å². The second-order valence-corrected chi connectivity index (χ2v) is 3.13. The molecule has 0 N–H and O–H groups in total. The van der Waals surface area contributed by atoms with Gasteiger partial charge in [0.2, 0.25) is 0 Å². The van der Waals surface area contributed by atoms with Gasteiger partial charge in [0.15, 0.2) is 0 Å². The molecular weight excluding hydrogens is 157 g/mol. The van der Waals surface area contributed by atoms with E-state index in [1.807, 2.05) is 0 Å². The van der Waals surface area contributed by atoms with Gasteiger partial charge in [0.1, 0.15) is 19.5 Å². The Morgan fingerprint density at radius 3 is 1.50 bits per heavy atom. The lowest BCUT2D eigenvalue weighted by atomic mass is 9.85. The maximum atomic E-state index is 13.2. The van der Waals surface area contributed by atoms with Gasteiger partial charge < -0.3 is 0 Å². The van der Waals surface area contributed by atoms with Crippen molar-refractivity contribution in [3.8, 4) is 0 Å². The Bertz CT molecular complexity index is 227. The van der Waals surface area contributed by atoms with Crippen LogP contribution in [0.2, 0.25) is 0 Å². The average Bonchev–Trinajstić information content (AvgIpc) is 2.08. The summed E-state index contributed by atoms with van der Waals surface area (Å²) < 4.78 is 26.4. The van der Waals surface area contributed by atoms with E-state index in [-0.39, 0.29) is 5.56 Å².